The molecule has 0 N–H and O–H groups in total. The molecule has 1 radical (unpaired) electrons. The maximum atomic E-state index is 12.7. The minimum atomic E-state index is 0.130. The minimum Gasteiger partial charge on any atom is -0.299 e. The van der Waals surface area contributed by atoms with E-state index in [1.54, 1.807) is 0 Å². The number of hydrogen-bond acceptors (Lipinski definition) is 2. The van der Waals surface area contributed by atoms with Crippen LogP contribution in [0.5, 0.6) is 0 Å². The molecule has 0 heterocycles. The summed E-state index contributed by atoms with van der Waals surface area (Å²) in [5.41, 5.74) is 0. The Balaban J connectivity index is 3.55. The maximum Gasteiger partial charge on any atom is 0.147 e. The van der Waals surface area contributed by atoms with Gasteiger partial charge in [0.2, 0.25) is 0 Å². The number of hydrogen-bond donors (Lipinski definition) is 0. The van der Waals surface area contributed by atoms with Crippen molar-refractivity contribution in [2.75, 3.05) is 0 Å². The van der Waals surface area contributed by atoms with E-state index in [0.717, 1.165) is 37.5 Å². The van der Waals surface area contributed by atoms with Crippen molar-refractivity contribution >= 4 is 11.6 Å². The van der Waals surface area contributed by atoms with Crippen molar-refractivity contribution in [3.63, 3.8) is 0 Å². The van der Waals surface area contributed by atoms with Gasteiger partial charge in [-0.3, -0.25) is 9.59 Å². The summed E-state index contributed by atoms with van der Waals surface area (Å²) in [4.78, 5) is 25.3. The van der Waals surface area contributed by atoms with E-state index in [-0.39, 0.29) is 11.6 Å². The lowest BCUT2D eigenvalue weighted by Crippen LogP contribution is -2.21. The van der Waals surface area contributed by atoms with Crippen LogP contribution in [0.2, 0.25) is 0 Å². The fraction of sp³-hybridized carbons (Fsp3) is 0.923. The second-order valence-corrected chi connectivity index (χ2v) is 14.0. The molecule has 0 aliphatic heterocycles. The Morgan fingerprint density at radius 3 is 0.805 bits per heavy atom. The zero-order valence-electron chi connectivity index (χ0n) is 29.0. The van der Waals surface area contributed by atoms with E-state index in [1.165, 1.54) is 141 Å². The molecular weight excluding hydrogens is 500 g/mol. The highest BCUT2D eigenvalue weighted by molar-refractivity contribution is 6.16. The normalized spacial score (nSPS) is 11.8. The fourth-order valence-electron chi connectivity index (χ4n) is 6.06. The van der Waals surface area contributed by atoms with Crippen molar-refractivity contribution in [1.29, 1.82) is 0 Å². The second-order valence-electron chi connectivity index (χ2n) is 14.0. The molecule has 0 rings (SSSR count). The first-order valence-corrected chi connectivity index (χ1v) is 18.8. The molecule has 0 aromatic rings. The molecule has 0 saturated heterocycles. The molecule has 243 valence electrons. The number of unbranched alkanes of at least 4 members (excludes halogenated alkanes) is 22. The lowest BCUT2D eigenvalue weighted by Gasteiger charge is -2.12. The van der Waals surface area contributed by atoms with E-state index in [1.807, 2.05) is 6.92 Å². The van der Waals surface area contributed by atoms with Crippen LogP contribution < -0.4 is 0 Å². The maximum absolute atomic E-state index is 12.7. The van der Waals surface area contributed by atoms with Gasteiger partial charge in [-0.1, -0.05) is 189 Å². The molecule has 0 fully saturated rings. The monoisotopic (exact) mass is 576 g/mol. The summed E-state index contributed by atoms with van der Waals surface area (Å²) in [5, 5.41) is 0. The topological polar surface area (TPSA) is 34.1 Å². The van der Waals surface area contributed by atoms with Crippen LogP contribution in [0.1, 0.15) is 221 Å². The molecule has 0 aromatic carbocycles. The first kappa shape index (κ1) is 40.3. The molecule has 0 aliphatic rings. The van der Waals surface area contributed by atoms with Gasteiger partial charge < -0.3 is 0 Å². The highest BCUT2D eigenvalue weighted by atomic mass is 16.1. The summed E-state index contributed by atoms with van der Waals surface area (Å²) in [6, 6.07) is 0. The third-order valence-corrected chi connectivity index (χ3v) is 8.90. The average Bonchev–Trinajstić information content (AvgIpc) is 2.93. The van der Waals surface area contributed by atoms with Gasteiger partial charge in [-0.2, -0.15) is 0 Å². The molecule has 0 aliphatic carbocycles. The van der Waals surface area contributed by atoms with E-state index < -0.39 is 0 Å². The number of carbonyl (C=O) groups excluding carboxylic acids is 2. The molecular formula is C39H75O2. The van der Waals surface area contributed by atoms with Crippen LogP contribution in [0.25, 0.3) is 0 Å². The molecule has 0 unspecified atom stereocenters. The van der Waals surface area contributed by atoms with Gasteiger partial charge in [0.15, 0.2) is 0 Å². The summed E-state index contributed by atoms with van der Waals surface area (Å²) in [5.74, 6) is 2.57. The quantitative estimate of drug-likeness (QED) is 0.0576. The number of rotatable bonds is 33. The zero-order valence-corrected chi connectivity index (χ0v) is 29.0. The Bertz CT molecular complexity index is 516. The molecule has 0 spiro atoms. The summed E-state index contributed by atoms with van der Waals surface area (Å²) >= 11 is 0. The summed E-state index contributed by atoms with van der Waals surface area (Å²) < 4.78 is 0. The molecule has 0 amide bonds. The van der Waals surface area contributed by atoms with Crippen LogP contribution in [0.3, 0.4) is 0 Å². The van der Waals surface area contributed by atoms with Crippen LogP contribution in [0, 0.1) is 17.8 Å². The second kappa shape index (κ2) is 30.8. The van der Waals surface area contributed by atoms with Crippen molar-refractivity contribution in [1.82, 2.24) is 0 Å². The number of carbonyl (C=O) groups is 2. The van der Waals surface area contributed by atoms with Crippen molar-refractivity contribution in [2.45, 2.75) is 221 Å². The van der Waals surface area contributed by atoms with Crippen LogP contribution in [0.4, 0.5) is 0 Å². The highest BCUT2D eigenvalue weighted by Gasteiger charge is 2.24. The third kappa shape index (κ3) is 29.2. The molecule has 2 nitrogen and oxygen atoms in total. The van der Waals surface area contributed by atoms with Crippen LogP contribution in [-0.2, 0) is 9.59 Å². The van der Waals surface area contributed by atoms with E-state index in [4.69, 9.17) is 0 Å². The average molecular weight is 576 g/mol. The first-order valence-electron chi connectivity index (χ1n) is 18.8. The molecule has 41 heavy (non-hydrogen) atoms. The van der Waals surface area contributed by atoms with Gasteiger partial charge in [0, 0.05) is 12.8 Å². The predicted molar refractivity (Wildman–Crippen MR) is 182 cm³/mol. The van der Waals surface area contributed by atoms with Gasteiger partial charge in [-0.15, -0.1) is 0 Å². The molecule has 0 aromatic heterocycles. The molecule has 2 heteroatoms. The standard InChI is InChI=1S/C39H75O2/c1-6-37(38(40)33-29-25-21-17-13-9-7-11-15-19-23-27-31-35(2)3)39(41)34-30-26-22-18-14-10-8-12-16-20-24-28-32-36(4)5/h35-36H,6-34H2,1-5H3. The fourth-order valence-corrected chi connectivity index (χ4v) is 6.06. The van der Waals surface area contributed by atoms with Crippen LogP contribution in [-0.4, -0.2) is 11.6 Å². The Hall–Kier alpha value is -0.660. The Morgan fingerprint density at radius 1 is 0.366 bits per heavy atom. The predicted octanol–water partition coefficient (Wildman–Crippen LogP) is 13.3. The Kier molecular flexibility index (Phi) is 30.3. The van der Waals surface area contributed by atoms with Crippen molar-refractivity contribution < 1.29 is 9.59 Å². The third-order valence-electron chi connectivity index (χ3n) is 8.90. The van der Waals surface area contributed by atoms with Gasteiger partial charge >= 0.3 is 0 Å². The van der Waals surface area contributed by atoms with E-state index >= 15 is 0 Å². The van der Waals surface area contributed by atoms with Crippen molar-refractivity contribution in [3.05, 3.63) is 5.92 Å². The van der Waals surface area contributed by atoms with Crippen molar-refractivity contribution in [3.8, 4) is 0 Å². The first-order chi connectivity index (χ1) is 19.9. The van der Waals surface area contributed by atoms with Crippen molar-refractivity contribution in [2.24, 2.45) is 11.8 Å². The van der Waals surface area contributed by atoms with E-state index in [0.29, 0.717) is 25.2 Å². The lowest BCUT2D eigenvalue weighted by molar-refractivity contribution is -0.124. The smallest absolute Gasteiger partial charge is 0.147 e. The molecule has 0 bridgehead atoms. The van der Waals surface area contributed by atoms with E-state index in [2.05, 4.69) is 27.7 Å². The molecule has 0 atom stereocenters. The van der Waals surface area contributed by atoms with Gasteiger partial charge in [0.25, 0.3) is 0 Å². The zero-order chi connectivity index (χ0) is 30.4. The number of ketones is 2. The van der Waals surface area contributed by atoms with E-state index in [9.17, 15) is 9.59 Å². The summed E-state index contributed by atoms with van der Waals surface area (Å²) in [7, 11) is 0. The Labute approximate surface area is 259 Å². The summed E-state index contributed by atoms with van der Waals surface area (Å²) in [6.07, 6.45) is 36.0. The molecule has 0 saturated carbocycles. The van der Waals surface area contributed by atoms with Gasteiger partial charge in [-0.25, -0.2) is 0 Å². The minimum absolute atomic E-state index is 0.130. The number of Topliss-reactive ketones (excluding diaryl/α,β-unsaturated/α-hetero) is 2. The lowest BCUT2D eigenvalue weighted by atomic mass is 9.89. The van der Waals surface area contributed by atoms with Gasteiger partial charge in [-0.05, 0) is 31.1 Å². The van der Waals surface area contributed by atoms with Gasteiger partial charge in [0.05, 0.1) is 0 Å². The van der Waals surface area contributed by atoms with Gasteiger partial charge in [0.1, 0.15) is 17.5 Å². The van der Waals surface area contributed by atoms with Crippen LogP contribution >= 0.6 is 0 Å². The van der Waals surface area contributed by atoms with Crippen LogP contribution in [0.15, 0.2) is 0 Å². The largest absolute Gasteiger partial charge is 0.299 e. The summed E-state index contributed by atoms with van der Waals surface area (Å²) in [6.45, 7) is 11.3. The Morgan fingerprint density at radius 2 is 0.585 bits per heavy atom. The SMILES string of the molecule is CC[C](C(=O)CCCCCCCCCCCCCCC(C)C)C(=O)CCCCCCCCCCCCCCC(C)C. The highest BCUT2D eigenvalue weighted by Crippen LogP contribution is 2.20.